The van der Waals surface area contributed by atoms with Gasteiger partial charge in [-0.1, -0.05) is 36.9 Å². The van der Waals surface area contributed by atoms with E-state index in [-0.39, 0.29) is 0 Å². The Kier molecular flexibility index (Phi) is 4.42. The third kappa shape index (κ3) is 4.13. The van der Waals surface area contributed by atoms with Crippen LogP contribution < -0.4 is 9.46 Å². The van der Waals surface area contributed by atoms with Gasteiger partial charge in [-0.2, -0.15) is 0 Å². The summed E-state index contributed by atoms with van der Waals surface area (Å²) in [7, 11) is -3.47. The van der Waals surface area contributed by atoms with E-state index in [9.17, 15) is 8.42 Å². The molecule has 0 saturated carbocycles. The fraction of sp³-hybridized carbons (Fsp3) is 0.0667. The third-order valence-electron chi connectivity index (χ3n) is 2.58. The van der Waals surface area contributed by atoms with Gasteiger partial charge in [0.15, 0.2) is 0 Å². The zero-order valence-corrected chi connectivity index (χ0v) is 11.6. The quantitative estimate of drug-likeness (QED) is 0.888. The minimum Gasteiger partial charge on any atom is -0.489 e. The Balaban J connectivity index is 1.97. The SMILES string of the molecule is C=CS(=O)(=O)Nc1ccc(OCc2ccccc2)cc1. The average molecular weight is 289 g/mol. The van der Waals surface area contributed by atoms with Gasteiger partial charge in [0.2, 0.25) is 0 Å². The molecule has 0 aliphatic carbocycles. The zero-order valence-electron chi connectivity index (χ0n) is 10.8. The van der Waals surface area contributed by atoms with Crippen LogP contribution in [0.4, 0.5) is 5.69 Å². The molecule has 0 spiro atoms. The van der Waals surface area contributed by atoms with Gasteiger partial charge < -0.3 is 4.74 Å². The van der Waals surface area contributed by atoms with Gasteiger partial charge >= 0.3 is 0 Å². The van der Waals surface area contributed by atoms with Crippen molar-refractivity contribution in [3.05, 3.63) is 72.1 Å². The van der Waals surface area contributed by atoms with Crippen molar-refractivity contribution >= 4 is 15.7 Å². The first-order chi connectivity index (χ1) is 9.59. The van der Waals surface area contributed by atoms with Crippen LogP contribution in [0, 0.1) is 0 Å². The molecule has 2 rings (SSSR count). The van der Waals surface area contributed by atoms with Crippen molar-refractivity contribution in [2.24, 2.45) is 0 Å². The van der Waals surface area contributed by atoms with E-state index in [4.69, 9.17) is 4.74 Å². The molecule has 0 saturated heterocycles. The summed E-state index contributed by atoms with van der Waals surface area (Å²) >= 11 is 0. The van der Waals surface area contributed by atoms with Crippen LogP contribution in [0.25, 0.3) is 0 Å². The molecule has 0 unspecified atom stereocenters. The van der Waals surface area contributed by atoms with E-state index in [0.717, 1.165) is 11.0 Å². The third-order valence-corrected chi connectivity index (χ3v) is 3.54. The minimum absolute atomic E-state index is 0.469. The molecule has 2 aromatic carbocycles. The first kappa shape index (κ1) is 14.1. The summed E-state index contributed by atoms with van der Waals surface area (Å²) < 4.78 is 30.6. The standard InChI is InChI=1S/C15H15NO3S/c1-2-20(17,18)16-14-8-10-15(11-9-14)19-12-13-6-4-3-5-7-13/h2-11,16H,1,12H2. The molecule has 0 heterocycles. The van der Waals surface area contributed by atoms with Crippen molar-refractivity contribution in [1.82, 2.24) is 0 Å². The summed E-state index contributed by atoms with van der Waals surface area (Å²) in [5.41, 5.74) is 1.54. The Hall–Kier alpha value is -2.27. The summed E-state index contributed by atoms with van der Waals surface area (Å²) in [6.45, 7) is 3.70. The first-order valence-corrected chi connectivity index (χ1v) is 7.56. The van der Waals surface area contributed by atoms with Crippen molar-refractivity contribution in [3.63, 3.8) is 0 Å². The van der Waals surface area contributed by atoms with Gasteiger partial charge in [-0.05, 0) is 29.8 Å². The highest BCUT2D eigenvalue weighted by Gasteiger charge is 2.04. The van der Waals surface area contributed by atoms with Crippen LogP contribution in [0.5, 0.6) is 5.75 Å². The Labute approximate surface area is 118 Å². The number of nitrogens with one attached hydrogen (secondary N) is 1. The van der Waals surface area contributed by atoms with Crippen molar-refractivity contribution < 1.29 is 13.2 Å². The molecule has 0 radical (unpaired) electrons. The highest BCUT2D eigenvalue weighted by Crippen LogP contribution is 2.18. The molecule has 0 atom stereocenters. The molecule has 4 nitrogen and oxygen atoms in total. The van der Waals surface area contributed by atoms with Crippen LogP contribution in [-0.2, 0) is 16.6 Å². The van der Waals surface area contributed by atoms with Gasteiger partial charge in [0.05, 0.1) is 0 Å². The summed E-state index contributed by atoms with van der Waals surface area (Å²) in [6.07, 6.45) is 0. The van der Waals surface area contributed by atoms with Gasteiger partial charge in [0.1, 0.15) is 12.4 Å². The van der Waals surface area contributed by atoms with E-state index >= 15 is 0 Å². The highest BCUT2D eigenvalue weighted by molar-refractivity contribution is 7.95. The Morgan fingerprint density at radius 2 is 1.70 bits per heavy atom. The predicted molar refractivity (Wildman–Crippen MR) is 80.0 cm³/mol. The molecule has 0 aromatic heterocycles. The number of benzene rings is 2. The van der Waals surface area contributed by atoms with Gasteiger partial charge in [-0.25, -0.2) is 8.42 Å². The molecule has 1 N–H and O–H groups in total. The summed E-state index contributed by atoms with van der Waals surface area (Å²) in [5, 5.41) is 0.868. The lowest BCUT2D eigenvalue weighted by Gasteiger charge is -2.08. The topological polar surface area (TPSA) is 55.4 Å². The van der Waals surface area contributed by atoms with Crippen LogP contribution in [0.3, 0.4) is 0 Å². The molecule has 104 valence electrons. The van der Waals surface area contributed by atoms with Crippen LogP contribution in [-0.4, -0.2) is 8.42 Å². The molecule has 0 amide bonds. The number of ether oxygens (including phenoxy) is 1. The zero-order chi connectivity index (χ0) is 14.4. The van der Waals surface area contributed by atoms with Crippen LogP contribution in [0.1, 0.15) is 5.56 Å². The fourth-order valence-electron chi connectivity index (χ4n) is 1.57. The Bertz CT molecular complexity index is 664. The number of hydrogen-bond acceptors (Lipinski definition) is 3. The molecule has 0 aliphatic heterocycles. The van der Waals surface area contributed by atoms with Crippen molar-refractivity contribution in [1.29, 1.82) is 0 Å². The predicted octanol–water partition coefficient (Wildman–Crippen LogP) is 3.15. The smallest absolute Gasteiger partial charge is 0.254 e. The normalized spacial score (nSPS) is 10.8. The molecule has 0 fully saturated rings. The fourth-order valence-corrected chi connectivity index (χ4v) is 2.11. The van der Waals surface area contributed by atoms with Gasteiger partial charge in [0.25, 0.3) is 10.0 Å². The second kappa shape index (κ2) is 6.25. The average Bonchev–Trinajstić information content (AvgIpc) is 2.47. The molecule has 5 heteroatoms. The largest absolute Gasteiger partial charge is 0.489 e. The van der Waals surface area contributed by atoms with E-state index < -0.39 is 10.0 Å². The van der Waals surface area contributed by atoms with Gasteiger partial charge in [-0.3, -0.25) is 4.72 Å². The number of rotatable bonds is 6. The van der Waals surface area contributed by atoms with Crippen molar-refractivity contribution in [2.45, 2.75) is 6.61 Å². The van der Waals surface area contributed by atoms with E-state index in [1.807, 2.05) is 30.3 Å². The van der Waals surface area contributed by atoms with E-state index in [1.54, 1.807) is 24.3 Å². The summed E-state index contributed by atoms with van der Waals surface area (Å²) in [4.78, 5) is 0. The van der Waals surface area contributed by atoms with Crippen LogP contribution in [0.15, 0.2) is 66.6 Å². The maximum atomic E-state index is 11.3. The number of hydrogen-bond donors (Lipinski definition) is 1. The Morgan fingerprint density at radius 1 is 1.05 bits per heavy atom. The van der Waals surface area contributed by atoms with E-state index in [0.29, 0.717) is 18.0 Å². The van der Waals surface area contributed by atoms with Gasteiger partial charge in [0, 0.05) is 11.1 Å². The van der Waals surface area contributed by atoms with Crippen LogP contribution >= 0.6 is 0 Å². The lowest BCUT2D eigenvalue weighted by atomic mass is 10.2. The number of anilines is 1. The maximum Gasteiger partial charge on any atom is 0.254 e. The van der Waals surface area contributed by atoms with Crippen molar-refractivity contribution in [2.75, 3.05) is 4.72 Å². The van der Waals surface area contributed by atoms with Crippen LogP contribution in [0.2, 0.25) is 0 Å². The molecular weight excluding hydrogens is 274 g/mol. The van der Waals surface area contributed by atoms with E-state index in [2.05, 4.69) is 11.3 Å². The molecular formula is C15H15NO3S. The second-order valence-corrected chi connectivity index (χ2v) is 5.74. The molecule has 20 heavy (non-hydrogen) atoms. The van der Waals surface area contributed by atoms with E-state index in [1.165, 1.54) is 0 Å². The summed E-state index contributed by atoms with van der Waals surface area (Å²) in [6, 6.07) is 16.5. The summed E-state index contributed by atoms with van der Waals surface area (Å²) in [5.74, 6) is 0.676. The lowest BCUT2D eigenvalue weighted by molar-refractivity contribution is 0.306. The number of sulfonamides is 1. The molecule has 0 aliphatic rings. The van der Waals surface area contributed by atoms with Gasteiger partial charge in [-0.15, -0.1) is 0 Å². The Morgan fingerprint density at radius 3 is 2.30 bits per heavy atom. The maximum absolute atomic E-state index is 11.3. The minimum atomic E-state index is -3.47. The monoisotopic (exact) mass is 289 g/mol. The van der Waals surface area contributed by atoms with Crippen molar-refractivity contribution in [3.8, 4) is 5.75 Å². The molecule has 2 aromatic rings. The second-order valence-electron chi connectivity index (χ2n) is 4.11. The molecule has 0 bridgehead atoms. The first-order valence-electron chi connectivity index (χ1n) is 6.01. The highest BCUT2D eigenvalue weighted by atomic mass is 32.2. The lowest BCUT2D eigenvalue weighted by Crippen LogP contribution is -2.08.